The number of amides is 1. The van der Waals surface area contributed by atoms with E-state index in [-0.39, 0.29) is 5.91 Å². The maximum atomic E-state index is 12.1. The van der Waals surface area contributed by atoms with E-state index < -0.39 is 6.10 Å². The molecule has 1 fully saturated rings. The first-order chi connectivity index (χ1) is 10.7. The molecule has 3 heterocycles. The largest absolute Gasteiger partial charge is 0.389 e. The van der Waals surface area contributed by atoms with Gasteiger partial charge in [-0.05, 0) is 24.3 Å². The van der Waals surface area contributed by atoms with E-state index in [1.54, 1.807) is 29.6 Å². The molecule has 6 nitrogen and oxygen atoms in total. The van der Waals surface area contributed by atoms with Crippen LogP contribution < -0.4 is 0 Å². The first-order valence-corrected chi connectivity index (χ1v) is 7.08. The average molecular weight is 294 g/mol. The van der Waals surface area contributed by atoms with Gasteiger partial charge in [-0.15, -0.1) is 0 Å². The third-order valence-corrected chi connectivity index (χ3v) is 3.84. The second kappa shape index (κ2) is 4.92. The maximum Gasteiger partial charge on any atom is 0.255 e. The number of hydrogen-bond acceptors (Lipinski definition) is 4. The van der Waals surface area contributed by atoms with Crippen molar-refractivity contribution in [2.75, 3.05) is 13.1 Å². The molecule has 0 spiro atoms. The van der Waals surface area contributed by atoms with E-state index in [4.69, 9.17) is 0 Å². The van der Waals surface area contributed by atoms with E-state index in [2.05, 4.69) is 9.97 Å². The highest BCUT2D eigenvalue weighted by Gasteiger charge is 2.29. The molecule has 1 aliphatic rings. The minimum atomic E-state index is -0.395. The summed E-state index contributed by atoms with van der Waals surface area (Å²) in [7, 11) is 0. The fraction of sp³-hybridized carbons (Fsp3) is 0.188. The number of benzene rings is 1. The van der Waals surface area contributed by atoms with Crippen molar-refractivity contribution in [1.29, 1.82) is 0 Å². The Morgan fingerprint density at radius 1 is 1.14 bits per heavy atom. The number of carbonyl (C=O) groups excluding carboxylic acids is 1. The average Bonchev–Trinajstić information content (AvgIpc) is 2.95. The zero-order valence-corrected chi connectivity index (χ0v) is 11.8. The first kappa shape index (κ1) is 13.0. The van der Waals surface area contributed by atoms with Crippen molar-refractivity contribution in [3.63, 3.8) is 0 Å². The summed E-state index contributed by atoms with van der Waals surface area (Å²) in [5.74, 6) is 0.619. The zero-order valence-electron chi connectivity index (χ0n) is 11.8. The van der Waals surface area contributed by atoms with Crippen LogP contribution in [-0.2, 0) is 0 Å². The first-order valence-electron chi connectivity index (χ1n) is 7.08. The van der Waals surface area contributed by atoms with Crippen LogP contribution in [0.3, 0.4) is 0 Å². The summed E-state index contributed by atoms with van der Waals surface area (Å²) in [6.45, 7) is 0.791. The minimum Gasteiger partial charge on any atom is -0.389 e. The number of aliphatic hydroxyl groups is 1. The summed E-state index contributed by atoms with van der Waals surface area (Å²) in [6.07, 6.45) is 2.89. The van der Waals surface area contributed by atoms with Crippen LogP contribution in [0.15, 0.2) is 48.9 Å². The summed E-state index contributed by atoms with van der Waals surface area (Å²) < 4.78 is 1.89. The summed E-state index contributed by atoms with van der Waals surface area (Å²) >= 11 is 0. The molecule has 1 N–H and O–H groups in total. The second-order valence-electron chi connectivity index (χ2n) is 5.37. The molecule has 1 aliphatic heterocycles. The molecule has 1 aromatic carbocycles. The molecule has 6 heteroatoms. The van der Waals surface area contributed by atoms with Gasteiger partial charge < -0.3 is 10.0 Å². The summed E-state index contributed by atoms with van der Waals surface area (Å²) in [6, 6.07) is 11.4. The van der Waals surface area contributed by atoms with Crippen molar-refractivity contribution in [2.24, 2.45) is 0 Å². The SMILES string of the molecule is O=C(c1ccc(-n2cnc3ccccc32)nc1)N1CC(O)C1. The van der Waals surface area contributed by atoms with E-state index in [0.29, 0.717) is 24.5 Å². The Balaban J connectivity index is 1.63. The Bertz CT molecular complexity index is 835. The van der Waals surface area contributed by atoms with Crippen molar-refractivity contribution < 1.29 is 9.90 Å². The van der Waals surface area contributed by atoms with Gasteiger partial charge in [-0.1, -0.05) is 12.1 Å². The van der Waals surface area contributed by atoms with Crippen LogP contribution in [-0.4, -0.2) is 49.6 Å². The van der Waals surface area contributed by atoms with Gasteiger partial charge in [0.05, 0.1) is 22.7 Å². The number of hydrogen-bond donors (Lipinski definition) is 1. The molecule has 3 aromatic rings. The van der Waals surface area contributed by atoms with Gasteiger partial charge in [-0.2, -0.15) is 0 Å². The monoisotopic (exact) mass is 294 g/mol. The Labute approximate surface area is 126 Å². The van der Waals surface area contributed by atoms with Crippen molar-refractivity contribution in [1.82, 2.24) is 19.4 Å². The maximum absolute atomic E-state index is 12.1. The zero-order chi connectivity index (χ0) is 15.1. The van der Waals surface area contributed by atoms with Crippen LogP contribution in [0.5, 0.6) is 0 Å². The number of β-amino-alcohol motifs (C(OH)–C–C–N with tert-alkyl or cyclic N) is 1. The van der Waals surface area contributed by atoms with Gasteiger partial charge in [0.25, 0.3) is 5.91 Å². The van der Waals surface area contributed by atoms with E-state index in [1.807, 2.05) is 28.8 Å². The standard InChI is InChI=1S/C16H14N4O2/c21-12-8-19(9-12)16(22)11-5-6-15(17-7-11)20-10-18-13-3-1-2-4-14(13)20/h1-7,10,12,21H,8-9H2. The highest BCUT2D eigenvalue weighted by molar-refractivity contribution is 5.94. The molecule has 1 amide bonds. The van der Waals surface area contributed by atoms with E-state index in [9.17, 15) is 9.90 Å². The van der Waals surface area contributed by atoms with Crippen LogP contribution in [0.1, 0.15) is 10.4 Å². The topological polar surface area (TPSA) is 71.2 Å². The normalized spacial score (nSPS) is 15.0. The van der Waals surface area contributed by atoms with Crippen molar-refractivity contribution >= 4 is 16.9 Å². The van der Waals surface area contributed by atoms with Gasteiger partial charge in [-0.25, -0.2) is 9.97 Å². The summed E-state index contributed by atoms with van der Waals surface area (Å²) in [4.78, 5) is 22.4. The van der Waals surface area contributed by atoms with Gasteiger partial charge in [0.15, 0.2) is 0 Å². The van der Waals surface area contributed by atoms with Crippen LogP contribution in [0.2, 0.25) is 0 Å². The third-order valence-electron chi connectivity index (χ3n) is 3.84. The Morgan fingerprint density at radius 3 is 2.68 bits per heavy atom. The fourth-order valence-corrected chi connectivity index (χ4v) is 2.60. The van der Waals surface area contributed by atoms with Crippen LogP contribution >= 0.6 is 0 Å². The smallest absolute Gasteiger partial charge is 0.255 e. The van der Waals surface area contributed by atoms with Crippen LogP contribution in [0.4, 0.5) is 0 Å². The van der Waals surface area contributed by atoms with Crippen molar-refractivity contribution in [2.45, 2.75) is 6.10 Å². The van der Waals surface area contributed by atoms with Crippen LogP contribution in [0.25, 0.3) is 16.9 Å². The predicted molar refractivity (Wildman–Crippen MR) is 80.8 cm³/mol. The van der Waals surface area contributed by atoms with Gasteiger partial charge in [0, 0.05) is 19.3 Å². The molecule has 0 aliphatic carbocycles. The number of rotatable bonds is 2. The van der Waals surface area contributed by atoms with Crippen molar-refractivity contribution in [3.8, 4) is 5.82 Å². The van der Waals surface area contributed by atoms with Gasteiger partial charge in [-0.3, -0.25) is 9.36 Å². The number of imidazole rings is 1. The Hall–Kier alpha value is -2.73. The Morgan fingerprint density at radius 2 is 1.95 bits per heavy atom. The molecule has 22 heavy (non-hydrogen) atoms. The molecule has 110 valence electrons. The molecule has 2 aromatic heterocycles. The summed E-state index contributed by atoms with van der Waals surface area (Å²) in [5.41, 5.74) is 2.40. The molecule has 0 saturated carbocycles. The highest BCUT2D eigenvalue weighted by atomic mass is 16.3. The van der Waals surface area contributed by atoms with Gasteiger partial charge in [0.2, 0.25) is 0 Å². The second-order valence-corrected chi connectivity index (χ2v) is 5.37. The van der Waals surface area contributed by atoms with E-state index >= 15 is 0 Å². The molecular formula is C16H14N4O2. The molecule has 0 bridgehead atoms. The number of aliphatic hydroxyl groups excluding tert-OH is 1. The van der Waals surface area contributed by atoms with Crippen molar-refractivity contribution in [3.05, 3.63) is 54.5 Å². The molecule has 4 rings (SSSR count). The predicted octanol–water partition coefficient (Wildman–Crippen LogP) is 1.24. The molecule has 0 atom stereocenters. The van der Waals surface area contributed by atoms with Gasteiger partial charge in [0.1, 0.15) is 12.1 Å². The lowest BCUT2D eigenvalue weighted by Crippen LogP contribution is -2.53. The molecule has 1 saturated heterocycles. The molecule has 0 unspecified atom stereocenters. The number of para-hydroxylation sites is 2. The lowest BCUT2D eigenvalue weighted by molar-refractivity contribution is 0.00587. The lowest BCUT2D eigenvalue weighted by atomic mass is 10.1. The molecule has 0 radical (unpaired) electrons. The fourth-order valence-electron chi connectivity index (χ4n) is 2.60. The van der Waals surface area contributed by atoms with Crippen LogP contribution in [0, 0.1) is 0 Å². The minimum absolute atomic E-state index is 0.0974. The molecular weight excluding hydrogens is 280 g/mol. The quantitative estimate of drug-likeness (QED) is 0.772. The lowest BCUT2D eigenvalue weighted by Gasteiger charge is -2.35. The Kier molecular flexibility index (Phi) is 2.90. The number of pyridine rings is 1. The third kappa shape index (κ3) is 2.05. The van der Waals surface area contributed by atoms with E-state index in [0.717, 1.165) is 11.0 Å². The highest BCUT2D eigenvalue weighted by Crippen LogP contribution is 2.18. The number of fused-ring (bicyclic) bond motifs is 1. The number of carbonyl (C=O) groups is 1. The van der Waals surface area contributed by atoms with E-state index in [1.165, 1.54) is 0 Å². The number of aromatic nitrogens is 3. The number of nitrogens with zero attached hydrogens (tertiary/aromatic N) is 4. The summed E-state index contributed by atoms with van der Waals surface area (Å²) in [5, 5.41) is 9.26. The number of likely N-dealkylation sites (tertiary alicyclic amines) is 1. The van der Waals surface area contributed by atoms with Gasteiger partial charge >= 0.3 is 0 Å².